The molecule has 1 saturated heterocycles. The van der Waals surface area contributed by atoms with Gasteiger partial charge < -0.3 is 14.8 Å². The van der Waals surface area contributed by atoms with E-state index >= 15 is 0 Å². The second-order valence-corrected chi connectivity index (χ2v) is 14.7. The molecule has 42 heavy (non-hydrogen) atoms. The first-order chi connectivity index (χ1) is 20.1. The molecule has 0 bridgehead atoms. The zero-order valence-electron chi connectivity index (χ0n) is 25.0. The minimum absolute atomic E-state index is 0.233. The largest absolute Gasteiger partial charge is 0.326 e. The molecule has 0 spiro atoms. The number of hydrogen-bond acceptors (Lipinski definition) is 7. The third kappa shape index (κ3) is 7.85. The quantitative estimate of drug-likeness (QED) is 0.163. The first-order valence-corrected chi connectivity index (χ1v) is 19.4. The summed E-state index contributed by atoms with van der Waals surface area (Å²) in [5, 5.41) is 6.48. The van der Waals surface area contributed by atoms with Gasteiger partial charge in [0.15, 0.2) is 0 Å². The van der Waals surface area contributed by atoms with E-state index in [1.165, 1.54) is 18.8 Å². The van der Waals surface area contributed by atoms with Crippen LogP contribution < -0.4 is 24.4 Å². The third-order valence-corrected chi connectivity index (χ3v) is 10.5. The zero-order valence-corrected chi connectivity index (χ0v) is 31.3. The van der Waals surface area contributed by atoms with Crippen molar-refractivity contribution in [3.8, 4) is 0 Å². The molecular formula is C30H40I2N8P2. The lowest BCUT2D eigenvalue weighted by molar-refractivity contribution is 0.319. The normalized spacial score (nSPS) is 18.6. The van der Waals surface area contributed by atoms with Crippen molar-refractivity contribution in [1.82, 2.24) is 34.7 Å². The van der Waals surface area contributed by atoms with Gasteiger partial charge in [0, 0.05) is 55.2 Å². The standard InChI is InChI=1S/C30H40I2N8P2/c1-7-24(11-26-21(5)37-22(6)39(26)20(3)4)25-12-28(34-16-27(25)41)40(31)29-35-14-23(15-36-29)13-33-17-30(19-42-32)9-10-38(8-2)18-30/h7,11-12,14-16,19-20,33H,5,8-10,13,17-18,41H2,1-4,6H3/b24-7+,26-11+. The number of rotatable bonds is 11. The summed E-state index contributed by atoms with van der Waals surface area (Å²) < 4.78 is 4.12. The SMILES string of the molecule is C=c1nc(C)n(C(C)C)/c1=C/C(=C\C)c1cc(N(I)c2ncc(CNCC3(C=PI)CCN(CC)C3)cn2)ncc1P. The van der Waals surface area contributed by atoms with Crippen LogP contribution in [0.4, 0.5) is 11.8 Å². The third-order valence-electron chi connectivity index (χ3n) is 7.66. The highest BCUT2D eigenvalue weighted by atomic mass is 127. The summed E-state index contributed by atoms with van der Waals surface area (Å²) >= 11 is 4.66. The van der Waals surface area contributed by atoms with Crippen molar-refractivity contribution in [3.63, 3.8) is 0 Å². The Balaban J connectivity index is 1.50. The topological polar surface area (TPSA) is 75.0 Å². The smallest absolute Gasteiger partial charge is 0.240 e. The lowest BCUT2D eigenvalue weighted by Gasteiger charge is -2.26. The maximum Gasteiger partial charge on any atom is 0.240 e. The van der Waals surface area contributed by atoms with Crippen LogP contribution in [0.5, 0.6) is 0 Å². The van der Waals surface area contributed by atoms with Gasteiger partial charge in [-0.05, 0) is 109 Å². The fourth-order valence-electron chi connectivity index (χ4n) is 5.45. The van der Waals surface area contributed by atoms with E-state index in [0.29, 0.717) is 5.95 Å². The molecule has 0 radical (unpaired) electrons. The molecule has 2 atom stereocenters. The molecule has 1 aliphatic rings. The minimum Gasteiger partial charge on any atom is -0.326 e. The van der Waals surface area contributed by atoms with E-state index in [0.717, 1.165) is 70.5 Å². The van der Waals surface area contributed by atoms with Gasteiger partial charge in [0.2, 0.25) is 5.95 Å². The van der Waals surface area contributed by atoms with E-state index in [4.69, 9.17) is 0 Å². The van der Waals surface area contributed by atoms with Gasteiger partial charge >= 0.3 is 0 Å². The number of halogens is 2. The average Bonchev–Trinajstić information content (AvgIpc) is 3.51. The Bertz CT molecular complexity index is 1550. The molecule has 4 rings (SSSR count). The highest BCUT2D eigenvalue weighted by Crippen LogP contribution is 2.31. The van der Waals surface area contributed by atoms with Crippen LogP contribution in [0.1, 0.15) is 57.1 Å². The molecule has 0 aliphatic carbocycles. The number of nitrogens with zero attached hydrogens (tertiary/aromatic N) is 7. The molecule has 1 fully saturated rings. The highest BCUT2D eigenvalue weighted by molar-refractivity contribution is 14.2. The van der Waals surface area contributed by atoms with Crippen molar-refractivity contribution in [2.24, 2.45) is 5.41 Å². The number of nitrogens with one attached hydrogen (secondary N) is 1. The van der Waals surface area contributed by atoms with Crippen molar-refractivity contribution < 1.29 is 0 Å². The van der Waals surface area contributed by atoms with Crippen LogP contribution in [0.15, 0.2) is 30.7 Å². The molecule has 0 amide bonds. The monoisotopic (exact) mass is 828 g/mol. The van der Waals surface area contributed by atoms with E-state index in [1.54, 1.807) is 0 Å². The zero-order chi connectivity index (χ0) is 30.4. The van der Waals surface area contributed by atoms with Gasteiger partial charge in [-0.25, -0.2) is 23.0 Å². The maximum absolute atomic E-state index is 4.69. The van der Waals surface area contributed by atoms with Crippen LogP contribution in [0.25, 0.3) is 18.2 Å². The van der Waals surface area contributed by atoms with Crippen LogP contribution in [0.2, 0.25) is 0 Å². The summed E-state index contributed by atoms with van der Waals surface area (Å²) in [6, 6.07) is 2.36. The van der Waals surface area contributed by atoms with Gasteiger partial charge in [-0.2, -0.15) is 0 Å². The van der Waals surface area contributed by atoms with Gasteiger partial charge in [0.1, 0.15) is 11.6 Å². The number of imidazole rings is 1. The number of hydrogen-bond donors (Lipinski definition) is 1. The number of pyridine rings is 1. The fraction of sp³-hybridized carbons (Fsp3) is 0.433. The Labute approximate surface area is 280 Å². The fourth-order valence-corrected chi connectivity index (χ4v) is 8.57. The molecular weight excluding hydrogens is 788 g/mol. The van der Waals surface area contributed by atoms with Crippen LogP contribution in [-0.4, -0.2) is 61.4 Å². The summed E-state index contributed by atoms with van der Waals surface area (Å²) in [6.07, 6.45) is 11.2. The van der Waals surface area contributed by atoms with Crippen LogP contribution in [0, 0.1) is 12.3 Å². The van der Waals surface area contributed by atoms with Gasteiger partial charge in [-0.1, -0.05) is 19.6 Å². The molecule has 1 N–H and O–H groups in total. The van der Waals surface area contributed by atoms with E-state index in [-0.39, 0.29) is 11.5 Å². The van der Waals surface area contributed by atoms with Crippen molar-refractivity contribution >= 4 is 101 Å². The maximum atomic E-state index is 4.69. The molecule has 3 aromatic rings. The molecule has 3 aromatic heterocycles. The summed E-state index contributed by atoms with van der Waals surface area (Å²) in [5.41, 5.74) is 3.44. The molecule has 8 nitrogen and oxygen atoms in total. The van der Waals surface area contributed by atoms with Crippen molar-refractivity contribution in [3.05, 3.63) is 58.4 Å². The number of anilines is 2. The lowest BCUT2D eigenvalue weighted by atomic mass is 9.89. The van der Waals surface area contributed by atoms with E-state index in [1.807, 2.05) is 35.6 Å². The summed E-state index contributed by atoms with van der Waals surface area (Å²) in [6.45, 7) is 20.0. The summed E-state index contributed by atoms with van der Waals surface area (Å²) in [4.78, 5) is 21.2. The van der Waals surface area contributed by atoms with Crippen LogP contribution >= 0.6 is 60.0 Å². The van der Waals surface area contributed by atoms with Gasteiger partial charge in [-0.3, -0.25) is 0 Å². The van der Waals surface area contributed by atoms with Gasteiger partial charge in [-0.15, -0.1) is 9.24 Å². The van der Waals surface area contributed by atoms with Gasteiger partial charge in [0.05, 0.1) is 33.6 Å². The second kappa shape index (κ2) is 15.1. The highest BCUT2D eigenvalue weighted by Gasteiger charge is 2.35. The number of aromatic nitrogens is 5. The Kier molecular flexibility index (Phi) is 12.1. The predicted octanol–water partition coefficient (Wildman–Crippen LogP) is 5.14. The predicted molar refractivity (Wildman–Crippen MR) is 200 cm³/mol. The first kappa shape index (κ1) is 33.6. The number of likely N-dealkylation sites (tertiary alicyclic amines) is 1. The van der Waals surface area contributed by atoms with Crippen molar-refractivity contribution in [1.29, 1.82) is 0 Å². The molecule has 224 valence electrons. The first-order valence-electron chi connectivity index (χ1n) is 14.1. The van der Waals surface area contributed by atoms with E-state index in [2.05, 4.69) is 140 Å². The molecule has 4 heterocycles. The number of allylic oxidation sites excluding steroid dienone is 2. The lowest BCUT2D eigenvalue weighted by Crippen LogP contribution is -2.37. The van der Waals surface area contributed by atoms with Gasteiger partial charge in [0.25, 0.3) is 0 Å². The average molecular weight is 828 g/mol. The molecule has 1 aliphatic heterocycles. The van der Waals surface area contributed by atoms with Crippen LogP contribution in [0.3, 0.4) is 0 Å². The van der Waals surface area contributed by atoms with Crippen molar-refractivity contribution in [2.75, 3.05) is 29.3 Å². The second-order valence-electron chi connectivity index (χ2n) is 11.0. The Morgan fingerprint density at radius 2 is 2.02 bits per heavy atom. The Hall–Kier alpha value is -1.30. The molecule has 0 saturated carbocycles. The summed E-state index contributed by atoms with van der Waals surface area (Å²) in [7, 11) is 2.81. The Morgan fingerprint density at radius 1 is 1.29 bits per heavy atom. The van der Waals surface area contributed by atoms with Crippen molar-refractivity contribution in [2.45, 2.75) is 53.6 Å². The number of aryl methyl sites for hydroxylation is 1. The molecule has 0 aromatic carbocycles. The van der Waals surface area contributed by atoms with Crippen LogP contribution in [-0.2, 0) is 6.54 Å². The molecule has 12 heteroatoms. The molecule has 2 unspecified atom stereocenters. The summed E-state index contributed by atoms with van der Waals surface area (Å²) in [5.74, 6) is 6.09. The van der Waals surface area contributed by atoms with E-state index in [9.17, 15) is 0 Å². The van der Waals surface area contributed by atoms with E-state index < -0.39 is 0 Å². The minimum atomic E-state index is 0.233. The Morgan fingerprint density at radius 3 is 2.64 bits per heavy atom.